The predicted molar refractivity (Wildman–Crippen MR) is 63.5 cm³/mol. The van der Waals surface area contributed by atoms with Gasteiger partial charge in [0.2, 0.25) is 5.91 Å². The summed E-state index contributed by atoms with van der Waals surface area (Å²) in [5, 5.41) is 10.9. The Kier molecular flexibility index (Phi) is 4.41. The Balaban J connectivity index is 2.90. The maximum Gasteiger partial charge on any atom is 0.326 e. The van der Waals surface area contributed by atoms with Crippen LogP contribution in [-0.2, 0) is 9.59 Å². The van der Waals surface area contributed by atoms with E-state index in [0.29, 0.717) is 0 Å². The van der Waals surface area contributed by atoms with Gasteiger partial charge in [-0.25, -0.2) is 9.18 Å². The van der Waals surface area contributed by atoms with E-state index in [1.807, 2.05) is 5.32 Å². The molecule has 0 unspecified atom stereocenters. The third kappa shape index (κ3) is 3.95. The average Bonchev–Trinajstić information content (AvgIpc) is 2.30. The molecule has 8 heteroatoms. The van der Waals surface area contributed by atoms with Crippen molar-refractivity contribution in [2.24, 2.45) is 5.73 Å². The number of nitrogens with one attached hydrogen (secondary N) is 1. The molecule has 0 aliphatic rings. The average molecular weight is 269 g/mol. The number of carboxylic acid groups (broad SMARTS) is 1. The molecule has 2 amide bonds. The molecule has 0 aliphatic carbocycles. The summed E-state index contributed by atoms with van der Waals surface area (Å²) in [7, 11) is 0. The first kappa shape index (κ1) is 14.4. The number of hydrogen-bond donors (Lipinski definition) is 4. The standard InChI is InChI=1S/C11H12FN3O4/c12-5-1-2-7(13)6(3-5)10(17)15-8(11(18)19)4-9(14)16/h1-3,8H,4,13H2,(H2,14,16)(H,15,17)(H,18,19)/t8-/m0/s1. The zero-order valence-corrected chi connectivity index (χ0v) is 9.72. The van der Waals surface area contributed by atoms with Crippen molar-refractivity contribution in [1.82, 2.24) is 5.32 Å². The van der Waals surface area contributed by atoms with Crippen LogP contribution >= 0.6 is 0 Å². The number of anilines is 1. The molecule has 7 nitrogen and oxygen atoms in total. The molecule has 6 N–H and O–H groups in total. The van der Waals surface area contributed by atoms with Gasteiger partial charge in [0.1, 0.15) is 11.9 Å². The molecule has 0 aromatic heterocycles. The highest BCUT2D eigenvalue weighted by Crippen LogP contribution is 2.13. The number of nitrogen functional groups attached to an aromatic ring is 1. The van der Waals surface area contributed by atoms with Crippen LogP contribution in [0.2, 0.25) is 0 Å². The van der Waals surface area contributed by atoms with Gasteiger partial charge in [0, 0.05) is 5.69 Å². The molecule has 0 spiro atoms. The van der Waals surface area contributed by atoms with Gasteiger partial charge in [0.15, 0.2) is 0 Å². The molecule has 1 aromatic carbocycles. The first-order valence-electron chi connectivity index (χ1n) is 5.18. The van der Waals surface area contributed by atoms with Gasteiger partial charge >= 0.3 is 5.97 Å². The van der Waals surface area contributed by atoms with Crippen LogP contribution in [0.25, 0.3) is 0 Å². The minimum absolute atomic E-state index is 0.0119. The smallest absolute Gasteiger partial charge is 0.326 e. The Labute approximate surface area is 107 Å². The fourth-order valence-electron chi connectivity index (χ4n) is 1.36. The van der Waals surface area contributed by atoms with E-state index in [9.17, 15) is 18.8 Å². The second-order valence-corrected chi connectivity index (χ2v) is 3.77. The number of carboxylic acids is 1. The van der Waals surface area contributed by atoms with Gasteiger partial charge in [0.25, 0.3) is 5.91 Å². The van der Waals surface area contributed by atoms with E-state index in [1.165, 1.54) is 6.07 Å². The summed E-state index contributed by atoms with van der Waals surface area (Å²) in [6, 6.07) is 1.61. The number of halogens is 1. The highest BCUT2D eigenvalue weighted by molar-refractivity contribution is 6.01. The molecular weight excluding hydrogens is 257 g/mol. The van der Waals surface area contributed by atoms with E-state index in [1.54, 1.807) is 0 Å². The number of carbonyl (C=O) groups is 3. The number of primary amides is 1. The van der Waals surface area contributed by atoms with Crippen molar-refractivity contribution in [3.8, 4) is 0 Å². The monoisotopic (exact) mass is 269 g/mol. The molecule has 0 radical (unpaired) electrons. The summed E-state index contributed by atoms with van der Waals surface area (Å²) < 4.78 is 13.0. The molecule has 0 saturated carbocycles. The zero-order valence-electron chi connectivity index (χ0n) is 9.72. The molecule has 0 saturated heterocycles. The van der Waals surface area contributed by atoms with E-state index in [-0.39, 0.29) is 11.3 Å². The number of aliphatic carboxylic acids is 1. The Morgan fingerprint density at radius 3 is 2.53 bits per heavy atom. The van der Waals surface area contributed by atoms with Crippen LogP contribution < -0.4 is 16.8 Å². The molecule has 0 heterocycles. The highest BCUT2D eigenvalue weighted by Gasteiger charge is 2.23. The summed E-state index contributed by atoms with van der Waals surface area (Å²) in [6.07, 6.45) is -0.573. The van der Waals surface area contributed by atoms with Crippen molar-refractivity contribution in [2.45, 2.75) is 12.5 Å². The quantitative estimate of drug-likeness (QED) is 0.532. The minimum Gasteiger partial charge on any atom is -0.480 e. The normalized spacial score (nSPS) is 11.6. The fraction of sp³-hybridized carbons (Fsp3) is 0.182. The molecule has 0 bridgehead atoms. The Morgan fingerprint density at radius 2 is 2.00 bits per heavy atom. The predicted octanol–water partition coefficient (Wildman–Crippen LogP) is -0.534. The van der Waals surface area contributed by atoms with Crippen LogP contribution in [-0.4, -0.2) is 28.9 Å². The summed E-state index contributed by atoms with van der Waals surface area (Å²) in [4.78, 5) is 33.2. The van der Waals surface area contributed by atoms with Crippen LogP contribution in [0.3, 0.4) is 0 Å². The SMILES string of the molecule is NC(=O)C[C@H](NC(=O)c1cc(F)ccc1N)C(=O)O. The molecule has 1 atom stereocenters. The first-order valence-corrected chi connectivity index (χ1v) is 5.18. The molecular formula is C11H12FN3O4. The lowest BCUT2D eigenvalue weighted by molar-refractivity contribution is -0.140. The number of carbonyl (C=O) groups excluding carboxylic acids is 2. The Hall–Kier alpha value is -2.64. The van der Waals surface area contributed by atoms with Crippen molar-refractivity contribution in [3.05, 3.63) is 29.6 Å². The third-order valence-corrected chi connectivity index (χ3v) is 2.27. The first-order chi connectivity index (χ1) is 8.81. The van der Waals surface area contributed by atoms with E-state index < -0.39 is 36.1 Å². The molecule has 102 valence electrons. The lowest BCUT2D eigenvalue weighted by Gasteiger charge is -2.13. The Bertz CT molecular complexity index is 533. The van der Waals surface area contributed by atoms with Crippen LogP contribution in [0.15, 0.2) is 18.2 Å². The fourth-order valence-corrected chi connectivity index (χ4v) is 1.36. The van der Waals surface area contributed by atoms with Crippen molar-refractivity contribution in [1.29, 1.82) is 0 Å². The van der Waals surface area contributed by atoms with E-state index in [2.05, 4.69) is 0 Å². The van der Waals surface area contributed by atoms with Gasteiger partial charge in [-0.15, -0.1) is 0 Å². The highest BCUT2D eigenvalue weighted by atomic mass is 19.1. The number of benzene rings is 1. The third-order valence-electron chi connectivity index (χ3n) is 2.27. The number of hydrogen-bond acceptors (Lipinski definition) is 4. The summed E-state index contributed by atoms with van der Waals surface area (Å²) >= 11 is 0. The van der Waals surface area contributed by atoms with Crippen molar-refractivity contribution in [2.75, 3.05) is 5.73 Å². The van der Waals surface area contributed by atoms with Crippen molar-refractivity contribution >= 4 is 23.5 Å². The molecule has 1 aromatic rings. The van der Waals surface area contributed by atoms with Gasteiger partial charge in [-0.2, -0.15) is 0 Å². The van der Waals surface area contributed by atoms with Gasteiger partial charge in [-0.3, -0.25) is 9.59 Å². The lowest BCUT2D eigenvalue weighted by Crippen LogP contribution is -2.43. The second kappa shape index (κ2) is 5.80. The number of rotatable bonds is 5. The number of nitrogens with two attached hydrogens (primary N) is 2. The lowest BCUT2D eigenvalue weighted by atomic mass is 10.1. The minimum atomic E-state index is -1.49. The molecule has 0 aliphatic heterocycles. The van der Waals surface area contributed by atoms with E-state index in [4.69, 9.17) is 16.6 Å². The largest absolute Gasteiger partial charge is 0.480 e. The van der Waals surface area contributed by atoms with Gasteiger partial charge in [0.05, 0.1) is 12.0 Å². The van der Waals surface area contributed by atoms with Crippen molar-refractivity contribution < 1.29 is 23.9 Å². The zero-order chi connectivity index (χ0) is 14.6. The van der Waals surface area contributed by atoms with E-state index >= 15 is 0 Å². The van der Waals surface area contributed by atoms with Gasteiger partial charge < -0.3 is 21.9 Å². The topological polar surface area (TPSA) is 136 Å². The van der Waals surface area contributed by atoms with Crippen molar-refractivity contribution in [3.63, 3.8) is 0 Å². The summed E-state index contributed by atoms with van der Waals surface area (Å²) in [5.41, 5.74) is 10.1. The molecule has 19 heavy (non-hydrogen) atoms. The van der Waals surface area contributed by atoms with Gasteiger partial charge in [-0.05, 0) is 18.2 Å². The van der Waals surface area contributed by atoms with Crippen LogP contribution in [0.4, 0.5) is 10.1 Å². The molecule has 1 rings (SSSR count). The van der Waals surface area contributed by atoms with Crippen LogP contribution in [0, 0.1) is 5.82 Å². The summed E-state index contributed by atoms with van der Waals surface area (Å²) in [6.45, 7) is 0. The Morgan fingerprint density at radius 1 is 1.37 bits per heavy atom. The second-order valence-electron chi connectivity index (χ2n) is 3.77. The van der Waals surface area contributed by atoms with Gasteiger partial charge in [-0.1, -0.05) is 0 Å². The van der Waals surface area contributed by atoms with Crippen LogP contribution in [0.1, 0.15) is 16.8 Å². The maximum atomic E-state index is 13.0. The number of amides is 2. The maximum absolute atomic E-state index is 13.0. The van der Waals surface area contributed by atoms with E-state index in [0.717, 1.165) is 12.1 Å². The molecule has 0 fully saturated rings. The summed E-state index contributed by atoms with van der Waals surface area (Å²) in [5.74, 6) is -3.91. The van der Waals surface area contributed by atoms with Crippen LogP contribution in [0.5, 0.6) is 0 Å².